The first kappa shape index (κ1) is 77.2. The van der Waals surface area contributed by atoms with Crippen molar-refractivity contribution in [2.45, 2.75) is 0 Å². The normalized spacial score (nSPS) is 17.9. The van der Waals surface area contributed by atoms with Gasteiger partial charge in [-0.25, -0.2) is 17.2 Å². The molecule has 0 aliphatic heterocycles. The van der Waals surface area contributed by atoms with E-state index in [0.29, 0.717) is 0 Å². The van der Waals surface area contributed by atoms with Crippen LogP contribution in [-0.2, 0) is 90.0 Å². The van der Waals surface area contributed by atoms with Crippen molar-refractivity contribution >= 4 is 62.6 Å². The largest absolute Gasteiger partial charge is 0.756 e. The second-order valence-corrected chi connectivity index (χ2v) is 20.4. The predicted octanol–water partition coefficient (Wildman–Crippen LogP) is 2.13. The van der Waals surface area contributed by atoms with Crippen LogP contribution in [0.4, 0.5) is 0 Å². The van der Waals surface area contributed by atoms with Gasteiger partial charge >= 0.3 is 0 Å². The smallest absolute Gasteiger partial charge is 0.274 e. The van der Waals surface area contributed by atoms with Gasteiger partial charge in [-0.05, 0) is 0 Å². The van der Waals surface area contributed by atoms with Crippen molar-refractivity contribution in [2.24, 2.45) is 0 Å². The van der Waals surface area contributed by atoms with E-state index in [4.69, 9.17) is 0 Å². The van der Waals surface area contributed by atoms with Crippen molar-refractivity contribution < 1.29 is 160 Å². The number of quaternary nitrogens is 2. The Kier molecular flexibility index (Phi) is 48.8. The summed E-state index contributed by atoms with van der Waals surface area (Å²) in [6.45, 7) is 22.3. The minimum absolute atomic E-state index is 0. The van der Waals surface area contributed by atoms with Crippen LogP contribution in [0.3, 0.4) is 0 Å². The van der Waals surface area contributed by atoms with Crippen molar-refractivity contribution in [2.75, 3.05) is 52.9 Å². The summed E-state index contributed by atoms with van der Waals surface area (Å²) >= 11 is 0. The molecule has 0 radical (unpaired) electrons. The van der Waals surface area contributed by atoms with Crippen LogP contribution in [0, 0.1) is 31.1 Å². The molecule has 0 aliphatic carbocycles. The van der Waals surface area contributed by atoms with Crippen LogP contribution in [0.5, 0.6) is 0 Å². The second kappa shape index (κ2) is 39.9. The molecular weight excluding hydrogens is 1250 g/mol. The summed E-state index contributed by atoms with van der Waals surface area (Å²) in [6.07, 6.45) is 8.95. The first-order chi connectivity index (χ1) is 27.3. The first-order valence-corrected chi connectivity index (χ1v) is 26.4. The van der Waals surface area contributed by atoms with E-state index in [0.717, 1.165) is 48.6 Å². The quantitative estimate of drug-likeness (QED) is 0.0719. The molecule has 0 bridgehead atoms. The monoisotopic (exact) mass is 1300 g/mol. The summed E-state index contributed by atoms with van der Waals surface area (Å²) in [4.78, 5) is 86.6. The van der Waals surface area contributed by atoms with E-state index in [1.165, 1.54) is 0 Å². The predicted molar refractivity (Wildman–Crippen MR) is 206 cm³/mol. The van der Waals surface area contributed by atoms with Gasteiger partial charge in [0.25, 0.3) is 62.6 Å². The molecule has 0 amide bonds. The van der Waals surface area contributed by atoms with Gasteiger partial charge in [-0.3, -0.25) is 36.5 Å². The summed E-state index contributed by atoms with van der Waals surface area (Å²) in [5, 5.41) is 0. The van der Waals surface area contributed by atoms with E-state index in [-0.39, 0.29) is 96.3 Å². The van der Waals surface area contributed by atoms with Gasteiger partial charge in [0.05, 0.1) is 52.9 Å². The van der Waals surface area contributed by atoms with E-state index in [1.807, 2.05) is 0 Å². The molecule has 0 aliphatic rings. The van der Waals surface area contributed by atoms with Crippen LogP contribution in [-0.4, -0.2) is 52.9 Å². The Morgan fingerprint density at radius 1 is 0.270 bits per heavy atom. The van der Waals surface area contributed by atoms with Crippen molar-refractivity contribution in [1.29, 1.82) is 0 Å². The summed E-state index contributed by atoms with van der Waals surface area (Å²) in [7, 11) is -39.4. The SMILES string of the molecule is C=CCOP(=O)([O-])OP(=O)([O-])OCC=C.C=CCOP(=O)([O-])OP(=O)([O-])OCC=C.C=CCOP(=O)([O-])OP(=O)([O-])OCC=C.C=CCOP(=O)([O-])OP(=O)([O-])OCC=C.[NH4+].[NH4+].[U]. The molecule has 372 valence electrons. The van der Waals surface area contributed by atoms with E-state index in [2.05, 4.69) is 106 Å². The minimum atomic E-state index is -4.93. The van der Waals surface area contributed by atoms with Crippen LogP contribution >= 0.6 is 62.6 Å². The molecule has 0 aromatic rings. The molecule has 8 unspecified atom stereocenters. The third-order valence-electron chi connectivity index (χ3n) is 3.60. The van der Waals surface area contributed by atoms with Gasteiger partial charge in [-0.15, -0.1) is 52.6 Å². The fourth-order valence-electron chi connectivity index (χ4n) is 1.83. The molecule has 0 rings (SSSR count). The average molecular weight is 1300 g/mol. The molecule has 0 fully saturated rings. The second-order valence-electron chi connectivity index (χ2n) is 8.58. The molecule has 0 aromatic heterocycles. The number of phosphoric acid groups is 8. The Hall–Kier alpha value is -0.0681. The molecule has 0 saturated heterocycles. The molecule has 39 heteroatoms. The third kappa shape index (κ3) is 54.4. The van der Waals surface area contributed by atoms with Gasteiger partial charge < -0.3 is 87.6 Å². The van der Waals surface area contributed by atoms with Gasteiger partial charge in [0.1, 0.15) is 0 Å². The van der Waals surface area contributed by atoms with Crippen LogP contribution in [0.15, 0.2) is 101 Å². The van der Waals surface area contributed by atoms with Crippen LogP contribution in [0.25, 0.3) is 0 Å². The molecule has 0 saturated carbocycles. The van der Waals surface area contributed by atoms with E-state index in [1.54, 1.807) is 0 Å². The van der Waals surface area contributed by atoms with Crippen molar-refractivity contribution in [1.82, 2.24) is 12.3 Å². The summed E-state index contributed by atoms with van der Waals surface area (Å²) in [5.74, 6) is 0. The third-order valence-corrected chi connectivity index (χ3v) is 13.7. The molecule has 63 heavy (non-hydrogen) atoms. The average Bonchev–Trinajstić information content (AvgIpc) is 3.10. The topological polar surface area (TPSA) is 505 Å². The number of rotatable bonds is 32. The van der Waals surface area contributed by atoms with Crippen LogP contribution in [0.1, 0.15) is 0 Å². The van der Waals surface area contributed by atoms with Crippen molar-refractivity contribution in [3.05, 3.63) is 101 Å². The van der Waals surface area contributed by atoms with Gasteiger partial charge in [-0.1, -0.05) is 48.6 Å². The number of hydrogen-bond acceptors (Lipinski definition) is 28. The van der Waals surface area contributed by atoms with Gasteiger partial charge in [0, 0.05) is 31.1 Å². The number of phosphoric ester groups is 8. The van der Waals surface area contributed by atoms with E-state index >= 15 is 0 Å². The van der Waals surface area contributed by atoms with Gasteiger partial charge in [0.2, 0.25) is 0 Å². The Morgan fingerprint density at radius 3 is 0.413 bits per heavy atom. The molecular formula is C24H48N2O28P8U-6. The Balaban J connectivity index is -0.000000131. The van der Waals surface area contributed by atoms with Crippen LogP contribution in [0.2, 0.25) is 0 Å². The zero-order valence-corrected chi connectivity index (χ0v) is 44.8. The maximum absolute atomic E-state index is 10.8. The zero-order chi connectivity index (χ0) is 47.8. The maximum Gasteiger partial charge on any atom is 0.274 e. The fourth-order valence-corrected chi connectivity index (χ4v) is 9.56. The summed E-state index contributed by atoms with van der Waals surface area (Å²) < 4.78 is 134. The minimum Gasteiger partial charge on any atom is -0.756 e. The molecule has 30 nitrogen and oxygen atoms in total. The molecule has 0 aromatic carbocycles. The van der Waals surface area contributed by atoms with Gasteiger partial charge in [-0.2, -0.15) is 0 Å². The molecule has 0 spiro atoms. The van der Waals surface area contributed by atoms with Gasteiger partial charge in [0.15, 0.2) is 0 Å². The summed E-state index contributed by atoms with van der Waals surface area (Å²) in [5.41, 5.74) is 0. The standard InChI is InChI=1S/4C6H12O7P2.2H3N.U/c4*1-3-5-11-14(7,8)13-15(9,10)12-6-4-2;;;/h4*3-4H,1-2,5-6H2,(H,7,8)(H,9,10);2*1H3;/p-6. The Labute approximate surface area is 387 Å². The summed E-state index contributed by atoms with van der Waals surface area (Å²) in [6, 6.07) is 0. The van der Waals surface area contributed by atoms with Crippen molar-refractivity contribution in [3.63, 3.8) is 0 Å². The Morgan fingerprint density at radius 2 is 0.349 bits per heavy atom. The van der Waals surface area contributed by atoms with E-state index < -0.39 is 62.6 Å². The number of hydrogen-bond donors (Lipinski definition) is 2. The maximum atomic E-state index is 10.8. The Bertz CT molecular complexity index is 1400. The van der Waals surface area contributed by atoms with Crippen molar-refractivity contribution in [3.8, 4) is 0 Å². The van der Waals surface area contributed by atoms with E-state index in [9.17, 15) is 75.7 Å². The zero-order valence-electron chi connectivity index (χ0n) is 33.4. The first-order valence-electron chi connectivity index (χ1n) is 14.7. The molecule has 8 atom stereocenters. The van der Waals surface area contributed by atoms with Crippen LogP contribution < -0.4 is 51.4 Å². The fraction of sp³-hybridized carbons (Fsp3) is 0.333. The molecule has 0 heterocycles. The molecule has 8 N–H and O–H groups in total.